The van der Waals surface area contributed by atoms with Crippen LogP contribution >= 0.6 is 0 Å². The van der Waals surface area contributed by atoms with Gasteiger partial charge in [-0.25, -0.2) is 10.3 Å². The van der Waals surface area contributed by atoms with Crippen molar-refractivity contribution in [3.8, 4) is 0 Å². The minimum absolute atomic E-state index is 0.128. The smallest absolute Gasteiger partial charge is 0.326 e. The predicted molar refractivity (Wildman–Crippen MR) is 122 cm³/mol. The van der Waals surface area contributed by atoms with Gasteiger partial charge in [0, 0.05) is 24.9 Å². The Balaban J connectivity index is 1.91. The van der Waals surface area contributed by atoms with E-state index >= 15 is 0 Å². The van der Waals surface area contributed by atoms with Crippen LogP contribution in [-0.4, -0.2) is 40.7 Å². The first-order chi connectivity index (χ1) is 15.9. The number of carbonyl (C=O) groups excluding carboxylic acids is 2. The number of carboxylic acids is 1. The Bertz CT molecular complexity index is 875. The third kappa shape index (κ3) is 9.03. The molecule has 0 bridgehead atoms. The van der Waals surface area contributed by atoms with E-state index in [1.165, 1.54) is 6.92 Å². The maximum Gasteiger partial charge on any atom is 0.326 e. The van der Waals surface area contributed by atoms with E-state index in [2.05, 4.69) is 5.32 Å². The van der Waals surface area contributed by atoms with E-state index in [1.807, 2.05) is 36.4 Å². The largest absolute Gasteiger partial charge is 0.480 e. The van der Waals surface area contributed by atoms with Crippen LogP contribution in [0.4, 0.5) is 0 Å². The number of amides is 2. The lowest BCUT2D eigenvalue weighted by Crippen LogP contribution is -2.48. The Morgan fingerprint density at radius 1 is 0.909 bits per heavy atom. The molecule has 3 atom stereocenters. The van der Waals surface area contributed by atoms with Crippen molar-refractivity contribution in [1.82, 2.24) is 10.8 Å². The number of aliphatic carboxylic acids is 1. The third-order valence-electron chi connectivity index (χ3n) is 5.53. The first-order valence-corrected chi connectivity index (χ1v) is 11.0. The van der Waals surface area contributed by atoms with Crippen LogP contribution in [0.25, 0.3) is 0 Å². The molecule has 8 nitrogen and oxygen atoms in total. The highest BCUT2D eigenvalue weighted by atomic mass is 16.5. The van der Waals surface area contributed by atoms with Crippen molar-refractivity contribution in [1.29, 1.82) is 0 Å². The molecule has 0 aliphatic rings. The number of unbranched alkanes of at least 4 members (excludes halogenated alkanes) is 1. The number of carboxylic acid groups (broad SMARTS) is 1. The summed E-state index contributed by atoms with van der Waals surface area (Å²) in [6, 6.07) is 17.6. The van der Waals surface area contributed by atoms with E-state index in [9.17, 15) is 19.5 Å². The lowest BCUT2D eigenvalue weighted by molar-refractivity contribution is -0.144. The zero-order valence-electron chi connectivity index (χ0n) is 18.8. The van der Waals surface area contributed by atoms with Gasteiger partial charge in [0.2, 0.25) is 11.8 Å². The molecule has 0 saturated heterocycles. The van der Waals surface area contributed by atoms with Crippen LogP contribution in [0, 0.1) is 11.8 Å². The Morgan fingerprint density at radius 3 is 2.09 bits per heavy atom. The van der Waals surface area contributed by atoms with Crippen molar-refractivity contribution in [2.45, 2.75) is 45.3 Å². The first-order valence-electron chi connectivity index (χ1n) is 11.0. The third-order valence-corrected chi connectivity index (χ3v) is 5.53. The van der Waals surface area contributed by atoms with E-state index in [4.69, 9.17) is 9.94 Å². The number of ether oxygens (including phenoxy) is 1. The highest BCUT2D eigenvalue weighted by Gasteiger charge is 2.32. The van der Waals surface area contributed by atoms with Gasteiger partial charge in [-0.1, -0.05) is 74.0 Å². The predicted octanol–water partition coefficient (Wildman–Crippen LogP) is 2.94. The molecule has 0 radical (unpaired) electrons. The summed E-state index contributed by atoms with van der Waals surface area (Å²) in [5.74, 6) is -3.99. The molecule has 4 N–H and O–H groups in total. The molecule has 2 aromatic carbocycles. The van der Waals surface area contributed by atoms with Gasteiger partial charge in [0.15, 0.2) is 0 Å². The van der Waals surface area contributed by atoms with Gasteiger partial charge in [-0.15, -0.1) is 0 Å². The number of carbonyl (C=O) groups is 3. The summed E-state index contributed by atoms with van der Waals surface area (Å²) in [5, 5.41) is 21.1. The number of benzene rings is 2. The number of hydrogen-bond donors (Lipinski definition) is 4. The van der Waals surface area contributed by atoms with Crippen LogP contribution in [0.2, 0.25) is 0 Å². The fraction of sp³-hybridized carbons (Fsp3) is 0.400. The molecular formula is C25H32N2O6. The average Bonchev–Trinajstić information content (AvgIpc) is 2.83. The fourth-order valence-corrected chi connectivity index (χ4v) is 3.55. The van der Waals surface area contributed by atoms with E-state index in [0.717, 1.165) is 11.1 Å². The molecular weight excluding hydrogens is 424 g/mol. The highest BCUT2D eigenvalue weighted by Crippen LogP contribution is 2.20. The van der Waals surface area contributed by atoms with Gasteiger partial charge in [-0.2, -0.15) is 0 Å². The zero-order valence-corrected chi connectivity index (χ0v) is 18.8. The normalized spacial score (nSPS) is 13.5. The van der Waals surface area contributed by atoms with Crippen LogP contribution in [-0.2, 0) is 32.1 Å². The second-order valence-corrected chi connectivity index (χ2v) is 7.99. The van der Waals surface area contributed by atoms with Crippen molar-refractivity contribution in [2.24, 2.45) is 11.8 Å². The number of hydroxylamine groups is 1. The maximum absolute atomic E-state index is 12.9. The van der Waals surface area contributed by atoms with Crippen LogP contribution in [0.15, 0.2) is 60.7 Å². The zero-order chi connectivity index (χ0) is 24.1. The number of nitrogens with one attached hydrogen (secondary N) is 2. The molecule has 33 heavy (non-hydrogen) atoms. The van der Waals surface area contributed by atoms with Gasteiger partial charge in [-0.05, 0) is 24.0 Å². The van der Waals surface area contributed by atoms with Crippen molar-refractivity contribution in [3.63, 3.8) is 0 Å². The molecule has 0 heterocycles. The van der Waals surface area contributed by atoms with Crippen molar-refractivity contribution in [2.75, 3.05) is 6.61 Å². The summed E-state index contributed by atoms with van der Waals surface area (Å²) in [6.07, 6.45) is 1.76. The lowest BCUT2D eigenvalue weighted by Gasteiger charge is -2.24. The van der Waals surface area contributed by atoms with Gasteiger partial charge in [0.05, 0.1) is 6.61 Å². The van der Waals surface area contributed by atoms with E-state index in [-0.39, 0.29) is 6.42 Å². The minimum Gasteiger partial charge on any atom is -0.480 e. The van der Waals surface area contributed by atoms with Crippen LogP contribution in [0.3, 0.4) is 0 Å². The van der Waals surface area contributed by atoms with Crippen LogP contribution in [0.1, 0.15) is 37.3 Å². The molecule has 0 spiro atoms. The molecule has 2 rings (SSSR count). The molecule has 0 aromatic heterocycles. The Labute approximate surface area is 193 Å². The molecule has 0 unspecified atom stereocenters. The maximum atomic E-state index is 12.9. The molecule has 0 fully saturated rings. The van der Waals surface area contributed by atoms with Crippen molar-refractivity contribution in [3.05, 3.63) is 71.8 Å². The molecule has 2 amide bonds. The second kappa shape index (κ2) is 14.0. The summed E-state index contributed by atoms with van der Waals surface area (Å²) in [5.41, 5.74) is 3.43. The summed E-state index contributed by atoms with van der Waals surface area (Å²) in [4.78, 5) is 36.6. The topological polar surface area (TPSA) is 125 Å². The minimum atomic E-state index is -1.15. The monoisotopic (exact) mass is 456 g/mol. The van der Waals surface area contributed by atoms with Gasteiger partial charge < -0.3 is 15.2 Å². The van der Waals surface area contributed by atoms with Crippen LogP contribution in [0.5, 0.6) is 0 Å². The summed E-state index contributed by atoms with van der Waals surface area (Å²) in [6.45, 7) is 2.53. The van der Waals surface area contributed by atoms with Crippen molar-refractivity contribution >= 4 is 17.8 Å². The molecule has 178 valence electrons. The van der Waals surface area contributed by atoms with Gasteiger partial charge >= 0.3 is 5.97 Å². The van der Waals surface area contributed by atoms with E-state index < -0.39 is 35.7 Å². The molecule has 0 aliphatic heterocycles. The Hall–Kier alpha value is -3.23. The Morgan fingerprint density at radius 2 is 1.52 bits per heavy atom. The molecule has 8 heteroatoms. The number of rotatable bonds is 14. The molecule has 2 aromatic rings. The van der Waals surface area contributed by atoms with Gasteiger partial charge in [-0.3, -0.25) is 14.8 Å². The van der Waals surface area contributed by atoms with E-state index in [1.54, 1.807) is 29.7 Å². The average molecular weight is 457 g/mol. The fourth-order valence-electron chi connectivity index (χ4n) is 3.55. The summed E-state index contributed by atoms with van der Waals surface area (Å²) >= 11 is 0. The van der Waals surface area contributed by atoms with Crippen molar-refractivity contribution < 1.29 is 29.4 Å². The lowest BCUT2D eigenvalue weighted by atomic mass is 9.87. The quantitative estimate of drug-likeness (QED) is 0.197. The molecule has 0 aliphatic carbocycles. The van der Waals surface area contributed by atoms with Gasteiger partial charge in [0.1, 0.15) is 6.04 Å². The Kier molecular flexibility index (Phi) is 11.1. The highest BCUT2D eigenvalue weighted by molar-refractivity contribution is 5.89. The number of hydrogen-bond acceptors (Lipinski definition) is 5. The SMILES string of the molecule is C[C@H](C(=O)NO)[C@@H](CCCCOCc1ccccc1)C(=O)N[C@@H](Cc1ccccc1)C(=O)O. The summed E-state index contributed by atoms with van der Waals surface area (Å²) in [7, 11) is 0. The van der Waals surface area contributed by atoms with Crippen LogP contribution < -0.4 is 10.8 Å². The second-order valence-electron chi connectivity index (χ2n) is 7.99. The molecule has 0 saturated carbocycles. The summed E-state index contributed by atoms with van der Waals surface area (Å²) < 4.78 is 5.66. The van der Waals surface area contributed by atoms with Gasteiger partial charge in [0.25, 0.3) is 0 Å². The first kappa shape index (κ1) is 26.0. The standard InChI is InChI=1S/C25H32N2O6/c1-18(23(28)27-32)21(14-8-9-15-33-17-20-12-6-3-7-13-20)24(29)26-22(25(30)31)16-19-10-4-2-5-11-19/h2-7,10-13,18,21-22,32H,8-9,14-17H2,1H3,(H,26,29)(H,27,28)(H,30,31)/t18-,21+,22-/m0/s1. The van der Waals surface area contributed by atoms with E-state index in [0.29, 0.717) is 32.5 Å².